The predicted molar refractivity (Wildman–Crippen MR) is 212 cm³/mol. The molecule has 0 amide bonds. The summed E-state index contributed by atoms with van der Waals surface area (Å²) in [6.45, 7) is 8.24. The first-order chi connectivity index (χ1) is 26.0. The van der Waals surface area contributed by atoms with Crippen molar-refractivity contribution in [1.29, 1.82) is 0 Å². The Morgan fingerprint density at radius 3 is 0.926 bits per heavy atom. The summed E-state index contributed by atoms with van der Waals surface area (Å²) in [6, 6.07) is 39.0. The van der Waals surface area contributed by atoms with Crippen LogP contribution in [0.2, 0.25) is 0 Å². The molecule has 0 N–H and O–H groups in total. The Kier molecular flexibility index (Phi) is 17.6. The molecule has 54 heavy (non-hydrogen) atoms. The highest BCUT2D eigenvalue weighted by Gasteiger charge is 2.22. The lowest BCUT2D eigenvalue weighted by Gasteiger charge is -2.12. The van der Waals surface area contributed by atoms with Crippen LogP contribution in [0.15, 0.2) is 157 Å². The van der Waals surface area contributed by atoms with Crippen LogP contribution in [-0.2, 0) is 38.1 Å². The number of ether oxygens (including phenoxy) is 4. The molecule has 0 unspecified atom stereocenters. The molecule has 0 spiro atoms. The predicted octanol–water partition coefficient (Wildman–Crippen LogP) is 8.83. The lowest BCUT2D eigenvalue weighted by Crippen LogP contribution is -2.21. The van der Waals surface area contributed by atoms with Gasteiger partial charge in [0.1, 0.15) is 11.1 Å². The zero-order valence-electron chi connectivity index (χ0n) is 31.7. The molecule has 0 aliphatic carbocycles. The lowest BCUT2D eigenvalue weighted by atomic mass is 9.97. The summed E-state index contributed by atoms with van der Waals surface area (Å²) in [5.74, 6) is -2.48. The normalized spacial score (nSPS) is 10.1. The fraction of sp³-hybridized carbons (Fsp3) is 0.217. The van der Waals surface area contributed by atoms with Crippen LogP contribution >= 0.6 is 0 Å². The minimum absolute atomic E-state index is 0.110. The van der Waals surface area contributed by atoms with E-state index in [9.17, 15) is 19.2 Å². The van der Waals surface area contributed by atoms with Gasteiger partial charge in [-0.1, -0.05) is 161 Å². The highest BCUT2D eigenvalue weighted by molar-refractivity contribution is 6.15. The van der Waals surface area contributed by atoms with Crippen LogP contribution in [0.3, 0.4) is 0 Å². The number of methoxy groups -OCH3 is 2. The van der Waals surface area contributed by atoms with E-state index in [1.807, 2.05) is 149 Å². The topological polar surface area (TPSA) is 105 Å². The second-order valence-electron chi connectivity index (χ2n) is 12.8. The number of carbonyl (C=O) groups excluding carboxylic acids is 4. The SMILES string of the molecule is CC(C)COC(=O)C(=CC=C(c1ccccc1)c1ccccc1)C(=O)OCC(C)C.COC(=O)C(=CC=C(c1ccccc1)c1ccccc1)C(=O)OC. The molecule has 8 nitrogen and oxygen atoms in total. The van der Waals surface area contributed by atoms with Crippen LogP contribution in [0.25, 0.3) is 11.1 Å². The zero-order valence-corrected chi connectivity index (χ0v) is 31.7. The van der Waals surface area contributed by atoms with Crippen LogP contribution in [0.5, 0.6) is 0 Å². The van der Waals surface area contributed by atoms with Crippen molar-refractivity contribution < 1.29 is 38.1 Å². The molecular formula is C46H48O8. The Hall–Kier alpha value is -6.28. The third kappa shape index (κ3) is 13.7. The van der Waals surface area contributed by atoms with E-state index in [1.165, 1.54) is 26.4 Å². The summed E-state index contributed by atoms with van der Waals surface area (Å²) in [6.07, 6.45) is 6.41. The smallest absolute Gasteiger partial charge is 0.345 e. The molecule has 0 saturated heterocycles. The summed E-state index contributed by atoms with van der Waals surface area (Å²) in [4.78, 5) is 48.8. The van der Waals surface area contributed by atoms with Crippen LogP contribution in [-0.4, -0.2) is 51.3 Å². The molecule has 4 aromatic rings. The van der Waals surface area contributed by atoms with Crippen molar-refractivity contribution in [3.63, 3.8) is 0 Å². The summed E-state index contributed by atoms with van der Waals surface area (Å²) in [5.41, 5.74) is 5.38. The van der Waals surface area contributed by atoms with E-state index < -0.39 is 23.9 Å². The third-order valence-corrected chi connectivity index (χ3v) is 7.52. The van der Waals surface area contributed by atoms with Gasteiger partial charge < -0.3 is 18.9 Å². The van der Waals surface area contributed by atoms with Gasteiger partial charge in [-0.25, -0.2) is 19.2 Å². The van der Waals surface area contributed by atoms with Gasteiger partial charge in [0, 0.05) is 0 Å². The average molecular weight is 729 g/mol. The maximum Gasteiger partial charge on any atom is 0.345 e. The van der Waals surface area contributed by atoms with E-state index in [0.29, 0.717) is 0 Å². The highest BCUT2D eigenvalue weighted by atomic mass is 16.6. The first kappa shape index (κ1) is 42.1. The van der Waals surface area contributed by atoms with Crippen molar-refractivity contribution in [2.45, 2.75) is 27.7 Å². The fourth-order valence-corrected chi connectivity index (χ4v) is 4.82. The quantitative estimate of drug-likeness (QED) is 0.0317. The molecule has 0 bridgehead atoms. The van der Waals surface area contributed by atoms with Gasteiger partial charge in [0.15, 0.2) is 0 Å². The molecule has 280 valence electrons. The van der Waals surface area contributed by atoms with Crippen molar-refractivity contribution in [3.05, 3.63) is 179 Å². The van der Waals surface area contributed by atoms with Gasteiger partial charge >= 0.3 is 23.9 Å². The lowest BCUT2D eigenvalue weighted by molar-refractivity contribution is -0.148. The number of rotatable bonds is 14. The Morgan fingerprint density at radius 1 is 0.426 bits per heavy atom. The molecule has 0 radical (unpaired) electrons. The van der Waals surface area contributed by atoms with E-state index in [-0.39, 0.29) is 36.2 Å². The Labute approximate surface area is 318 Å². The summed E-state index contributed by atoms with van der Waals surface area (Å²) in [7, 11) is 2.44. The van der Waals surface area contributed by atoms with Crippen LogP contribution in [0.4, 0.5) is 0 Å². The minimum atomic E-state index is -0.737. The standard InChI is InChI=1S/C26H30O4.C20H18O4/c1-19(2)17-29-25(27)24(26(28)30-18-20(3)4)16-15-23(21-11-7-5-8-12-21)22-13-9-6-10-14-22;1-23-19(21)18(20(22)24-2)14-13-17(15-9-5-3-6-10-15)16-11-7-4-8-12-16/h5-16,19-20H,17-18H2,1-4H3;3-14H,1-2H3. The third-order valence-electron chi connectivity index (χ3n) is 7.52. The van der Waals surface area contributed by atoms with E-state index in [2.05, 4.69) is 9.47 Å². The van der Waals surface area contributed by atoms with E-state index in [4.69, 9.17) is 9.47 Å². The van der Waals surface area contributed by atoms with E-state index >= 15 is 0 Å². The van der Waals surface area contributed by atoms with Crippen molar-refractivity contribution in [2.75, 3.05) is 27.4 Å². The van der Waals surface area contributed by atoms with Crippen LogP contribution < -0.4 is 0 Å². The number of hydrogen-bond acceptors (Lipinski definition) is 8. The molecule has 0 aliphatic heterocycles. The Bertz CT molecular complexity index is 1790. The maximum absolute atomic E-state index is 12.6. The van der Waals surface area contributed by atoms with E-state index in [0.717, 1.165) is 33.4 Å². The monoisotopic (exact) mass is 728 g/mol. The fourth-order valence-electron chi connectivity index (χ4n) is 4.82. The van der Waals surface area contributed by atoms with Gasteiger partial charge in [-0.15, -0.1) is 0 Å². The van der Waals surface area contributed by atoms with Crippen molar-refractivity contribution in [2.24, 2.45) is 11.8 Å². The van der Waals surface area contributed by atoms with Gasteiger partial charge in [-0.2, -0.15) is 0 Å². The molecule has 4 aromatic carbocycles. The van der Waals surface area contributed by atoms with Gasteiger partial charge in [0.05, 0.1) is 27.4 Å². The highest BCUT2D eigenvalue weighted by Crippen LogP contribution is 2.25. The van der Waals surface area contributed by atoms with Crippen LogP contribution in [0, 0.1) is 11.8 Å². The number of benzene rings is 4. The van der Waals surface area contributed by atoms with Crippen molar-refractivity contribution in [3.8, 4) is 0 Å². The molecule has 0 aliphatic rings. The Balaban J connectivity index is 0.000000297. The second kappa shape index (κ2) is 22.6. The first-order valence-corrected chi connectivity index (χ1v) is 17.6. The van der Waals surface area contributed by atoms with Crippen molar-refractivity contribution >= 4 is 35.0 Å². The summed E-state index contributed by atoms with van der Waals surface area (Å²) >= 11 is 0. The van der Waals surface area contributed by atoms with Gasteiger partial charge in [0.2, 0.25) is 0 Å². The molecule has 0 atom stereocenters. The number of esters is 4. The molecular weight excluding hydrogens is 680 g/mol. The molecule has 0 saturated carbocycles. The van der Waals surface area contributed by atoms with Crippen molar-refractivity contribution in [1.82, 2.24) is 0 Å². The molecule has 0 heterocycles. The Morgan fingerprint density at radius 2 is 0.685 bits per heavy atom. The van der Waals surface area contributed by atoms with Gasteiger partial charge in [0.25, 0.3) is 0 Å². The van der Waals surface area contributed by atoms with Crippen LogP contribution in [0.1, 0.15) is 49.9 Å². The maximum atomic E-state index is 12.6. The second-order valence-corrected chi connectivity index (χ2v) is 12.8. The summed E-state index contributed by atoms with van der Waals surface area (Å²) in [5, 5.41) is 0. The number of hydrogen-bond donors (Lipinski definition) is 0. The molecule has 0 aromatic heterocycles. The minimum Gasteiger partial charge on any atom is -0.465 e. The van der Waals surface area contributed by atoms with Gasteiger partial charge in [-0.3, -0.25) is 0 Å². The molecule has 0 fully saturated rings. The number of allylic oxidation sites excluding steroid dienone is 4. The first-order valence-electron chi connectivity index (χ1n) is 17.6. The number of carbonyl (C=O) groups is 4. The molecule has 4 rings (SSSR count). The average Bonchev–Trinajstić information content (AvgIpc) is 3.20. The molecule has 8 heteroatoms. The summed E-state index contributed by atoms with van der Waals surface area (Å²) < 4.78 is 19.9. The van der Waals surface area contributed by atoms with E-state index in [1.54, 1.807) is 12.2 Å². The largest absolute Gasteiger partial charge is 0.465 e. The zero-order chi connectivity index (χ0) is 39.3. The van der Waals surface area contributed by atoms with Gasteiger partial charge in [-0.05, 0) is 57.4 Å².